The molecule has 0 aliphatic carbocycles. The number of rotatable bonds is 6. The summed E-state index contributed by atoms with van der Waals surface area (Å²) in [5.41, 5.74) is 2.48. The van der Waals surface area contributed by atoms with Gasteiger partial charge in [-0.15, -0.1) is 0 Å². The second-order valence-corrected chi connectivity index (χ2v) is 6.90. The van der Waals surface area contributed by atoms with E-state index in [-0.39, 0.29) is 0 Å². The minimum Gasteiger partial charge on any atom is -0.356 e. The van der Waals surface area contributed by atoms with Gasteiger partial charge in [-0.1, -0.05) is 36.4 Å². The quantitative estimate of drug-likeness (QED) is 0.603. The van der Waals surface area contributed by atoms with Crippen LogP contribution in [0, 0.1) is 0 Å². The fourth-order valence-corrected chi connectivity index (χ4v) is 3.12. The van der Waals surface area contributed by atoms with Gasteiger partial charge < -0.3 is 20.4 Å². The number of aliphatic imine (C=N–C) groups is 1. The van der Waals surface area contributed by atoms with Gasteiger partial charge in [0.1, 0.15) is 5.82 Å². The third-order valence-electron chi connectivity index (χ3n) is 4.87. The van der Waals surface area contributed by atoms with Gasteiger partial charge in [0.15, 0.2) is 5.96 Å². The molecule has 2 heterocycles. The summed E-state index contributed by atoms with van der Waals surface area (Å²) in [5.74, 6) is 1.88. The Balaban J connectivity index is 1.42. The van der Waals surface area contributed by atoms with E-state index < -0.39 is 0 Å². The SMILES string of the molecule is CN=C(NCCc1ccccc1)NCc1ccc(N2CCN(C)CC2)nc1. The zero-order valence-corrected chi connectivity index (χ0v) is 16.4. The average Bonchev–Trinajstić information content (AvgIpc) is 2.72. The van der Waals surface area contributed by atoms with Crippen molar-refractivity contribution in [3.8, 4) is 0 Å². The molecule has 1 aliphatic heterocycles. The summed E-state index contributed by atoms with van der Waals surface area (Å²) in [5, 5.41) is 6.72. The molecule has 0 spiro atoms. The molecule has 2 N–H and O–H groups in total. The number of pyridine rings is 1. The lowest BCUT2D eigenvalue weighted by molar-refractivity contribution is 0.312. The fraction of sp³-hybridized carbons (Fsp3) is 0.429. The number of benzene rings is 1. The molecule has 144 valence electrons. The van der Waals surface area contributed by atoms with E-state index in [2.05, 4.69) is 73.9 Å². The smallest absolute Gasteiger partial charge is 0.191 e. The summed E-state index contributed by atoms with van der Waals surface area (Å²) in [6.07, 6.45) is 2.93. The molecule has 1 fully saturated rings. The third kappa shape index (κ3) is 5.96. The normalized spacial score (nSPS) is 15.6. The Hall–Kier alpha value is -2.60. The van der Waals surface area contributed by atoms with Gasteiger partial charge in [-0.3, -0.25) is 4.99 Å². The van der Waals surface area contributed by atoms with E-state index in [0.717, 1.165) is 56.5 Å². The van der Waals surface area contributed by atoms with Crippen LogP contribution in [0.5, 0.6) is 0 Å². The van der Waals surface area contributed by atoms with Crippen molar-refractivity contribution in [1.29, 1.82) is 0 Å². The number of aromatic nitrogens is 1. The largest absolute Gasteiger partial charge is 0.356 e. The molecule has 3 rings (SSSR count). The monoisotopic (exact) mass is 366 g/mol. The summed E-state index contributed by atoms with van der Waals surface area (Å²) < 4.78 is 0. The van der Waals surface area contributed by atoms with Crippen molar-refractivity contribution in [3.05, 3.63) is 59.8 Å². The van der Waals surface area contributed by atoms with Crippen LogP contribution in [0.1, 0.15) is 11.1 Å². The van der Waals surface area contributed by atoms with Crippen LogP contribution in [-0.2, 0) is 13.0 Å². The van der Waals surface area contributed by atoms with Gasteiger partial charge >= 0.3 is 0 Å². The van der Waals surface area contributed by atoms with Crippen molar-refractivity contribution in [3.63, 3.8) is 0 Å². The molecule has 6 nitrogen and oxygen atoms in total. The van der Waals surface area contributed by atoms with E-state index in [1.807, 2.05) is 12.3 Å². The number of guanidine groups is 1. The van der Waals surface area contributed by atoms with Gasteiger partial charge in [0.05, 0.1) is 0 Å². The molecule has 6 heteroatoms. The Kier molecular flexibility index (Phi) is 7.04. The average molecular weight is 367 g/mol. The van der Waals surface area contributed by atoms with Gasteiger partial charge in [-0.05, 0) is 30.7 Å². The summed E-state index contributed by atoms with van der Waals surface area (Å²) >= 11 is 0. The van der Waals surface area contributed by atoms with Gasteiger partial charge in [-0.25, -0.2) is 4.98 Å². The molecule has 27 heavy (non-hydrogen) atoms. The Bertz CT molecular complexity index is 705. The van der Waals surface area contributed by atoms with Crippen molar-refractivity contribution in [2.75, 3.05) is 51.7 Å². The lowest BCUT2D eigenvalue weighted by Gasteiger charge is -2.33. The Morgan fingerprint density at radius 2 is 1.78 bits per heavy atom. The molecule has 0 radical (unpaired) electrons. The second-order valence-electron chi connectivity index (χ2n) is 6.90. The predicted molar refractivity (Wildman–Crippen MR) is 112 cm³/mol. The van der Waals surface area contributed by atoms with E-state index >= 15 is 0 Å². The molecule has 1 aliphatic rings. The third-order valence-corrected chi connectivity index (χ3v) is 4.87. The number of hydrogen-bond acceptors (Lipinski definition) is 4. The zero-order valence-electron chi connectivity index (χ0n) is 16.4. The highest BCUT2D eigenvalue weighted by molar-refractivity contribution is 5.79. The fourth-order valence-electron chi connectivity index (χ4n) is 3.12. The molecule has 1 aromatic heterocycles. The summed E-state index contributed by atoms with van der Waals surface area (Å²) in [7, 11) is 3.97. The molecular formula is C21H30N6. The number of piperazine rings is 1. The first-order chi connectivity index (χ1) is 13.2. The van der Waals surface area contributed by atoms with Crippen LogP contribution in [0.4, 0.5) is 5.82 Å². The number of hydrogen-bond donors (Lipinski definition) is 2. The first-order valence-electron chi connectivity index (χ1n) is 9.61. The van der Waals surface area contributed by atoms with Crippen LogP contribution in [0.3, 0.4) is 0 Å². The molecule has 1 saturated heterocycles. The van der Waals surface area contributed by atoms with Crippen LogP contribution >= 0.6 is 0 Å². The van der Waals surface area contributed by atoms with Crippen molar-refractivity contribution in [1.82, 2.24) is 20.5 Å². The van der Waals surface area contributed by atoms with Gasteiger partial charge in [0, 0.05) is 52.5 Å². The maximum absolute atomic E-state index is 4.64. The van der Waals surface area contributed by atoms with Crippen molar-refractivity contribution in [2.24, 2.45) is 4.99 Å². The van der Waals surface area contributed by atoms with E-state index in [4.69, 9.17) is 0 Å². The molecule has 0 amide bonds. The maximum Gasteiger partial charge on any atom is 0.191 e. The van der Waals surface area contributed by atoms with Crippen LogP contribution in [0.2, 0.25) is 0 Å². The first kappa shape index (κ1) is 19.2. The Labute approximate surface area is 162 Å². The van der Waals surface area contributed by atoms with E-state index in [9.17, 15) is 0 Å². The van der Waals surface area contributed by atoms with Crippen LogP contribution in [0.25, 0.3) is 0 Å². The summed E-state index contributed by atoms with van der Waals surface area (Å²) in [4.78, 5) is 13.6. The van der Waals surface area contributed by atoms with E-state index in [0.29, 0.717) is 6.54 Å². The molecule has 0 bridgehead atoms. The van der Waals surface area contributed by atoms with Crippen LogP contribution < -0.4 is 15.5 Å². The standard InChI is InChI=1S/C21H30N6/c1-22-21(23-11-10-18-6-4-3-5-7-18)25-17-19-8-9-20(24-16-19)27-14-12-26(2)13-15-27/h3-9,16H,10-15,17H2,1-2H3,(H2,22,23,25). The molecule has 0 atom stereocenters. The molecule has 0 unspecified atom stereocenters. The maximum atomic E-state index is 4.64. The van der Waals surface area contributed by atoms with Gasteiger partial charge in [0.2, 0.25) is 0 Å². The molecule has 1 aromatic carbocycles. The summed E-state index contributed by atoms with van der Waals surface area (Å²) in [6.45, 7) is 5.83. The van der Waals surface area contributed by atoms with Gasteiger partial charge in [-0.2, -0.15) is 0 Å². The topological polar surface area (TPSA) is 55.8 Å². The lowest BCUT2D eigenvalue weighted by atomic mass is 10.1. The summed E-state index contributed by atoms with van der Waals surface area (Å²) in [6, 6.07) is 14.7. The van der Waals surface area contributed by atoms with E-state index in [1.165, 1.54) is 5.56 Å². The predicted octanol–water partition coefficient (Wildman–Crippen LogP) is 1.74. The number of likely N-dealkylation sites (N-methyl/N-ethyl adjacent to an activating group) is 1. The van der Waals surface area contributed by atoms with Crippen LogP contribution in [0.15, 0.2) is 53.7 Å². The highest BCUT2D eigenvalue weighted by Gasteiger charge is 2.14. The van der Waals surface area contributed by atoms with Crippen LogP contribution in [-0.4, -0.2) is 62.7 Å². The first-order valence-corrected chi connectivity index (χ1v) is 9.61. The van der Waals surface area contributed by atoms with Crippen molar-refractivity contribution < 1.29 is 0 Å². The molecule has 0 saturated carbocycles. The second kappa shape index (κ2) is 9.92. The van der Waals surface area contributed by atoms with Crippen molar-refractivity contribution in [2.45, 2.75) is 13.0 Å². The highest BCUT2D eigenvalue weighted by Crippen LogP contribution is 2.13. The minimum absolute atomic E-state index is 0.709. The highest BCUT2D eigenvalue weighted by atomic mass is 15.3. The zero-order chi connectivity index (χ0) is 18.9. The Morgan fingerprint density at radius 1 is 1.00 bits per heavy atom. The molecule has 2 aromatic rings. The Morgan fingerprint density at radius 3 is 2.44 bits per heavy atom. The number of anilines is 1. The van der Waals surface area contributed by atoms with Crippen molar-refractivity contribution >= 4 is 11.8 Å². The van der Waals surface area contributed by atoms with E-state index in [1.54, 1.807) is 7.05 Å². The minimum atomic E-state index is 0.709. The lowest BCUT2D eigenvalue weighted by Crippen LogP contribution is -2.44. The number of nitrogens with one attached hydrogen (secondary N) is 2. The molecular weight excluding hydrogens is 336 g/mol. The van der Waals surface area contributed by atoms with Gasteiger partial charge in [0.25, 0.3) is 0 Å². The number of nitrogens with zero attached hydrogens (tertiary/aromatic N) is 4.